The van der Waals surface area contributed by atoms with Gasteiger partial charge >= 0.3 is 0 Å². The van der Waals surface area contributed by atoms with Crippen LogP contribution < -0.4 is 0 Å². The van der Waals surface area contributed by atoms with E-state index in [1.807, 2.05) is 14.0 Å². The maximum atomic E-state index is 11.9. The van der Waals surface area contributed by atoms with Crippen molar-refractivity contribution in [3.63, 3.8) is 0 Å². The maximum Gasteiger partial charge on any atom is 0.223 e. The minimum Gasteiger partial charge on any atom is -0.396 e. The van der Waals surface area contributed by atoms with Crippen molar-refractivity contribution in [3.05, 3.63) is 16.1 Å². The van der Waals surface area contributed by atoms with Crippen LogP contribution in [-0.4, -0.2) is 46.8 Å². The number of thiazole rings is 1. The molecule has 1 heterocycles. The van der Waals surface area contributed by atoms with Gasteiger partial charge < -0.3 is 10.0 Å². The molecule has 0 radical (unpaired) electrons. The molecule has 1 N–H and O–H groups in total. The van der Waals surface area contributed by atoms with E-state index in [0.29, 0.717) is 6.42 Å². The average Bonchev–Trinajstić information content (AvgIpc) is 2.85. The standard InChI is InChI=1S/C14H24N2O2S2/c1-12-15-13(11-20-12)10-19-9-6-14(18)16(2)7-4-3-5-8-17/h11,17H,3-10H2,1-2H3. The summed E-state index contributed by atoms with van der Waals surface area (Å²) in [5, 5.41) is 11.9. The van der Waals surface area contributed by atoms with E-state index in [2.05, 4.69) is 10.4 Å². The van der Waals surface area contributed by atoms with Crippen molar-refractivity contribution in [1.29, 1.82) is 0 Å². The summed E-state index contributed by atoms with van der Waals surface area (Å²) in [6.45, 7) is 3.04. The Morgan fingerprint density at radius 2 is 2.25 bits per heavy atom. The SMILES string of the molecule is Cc1nc(CSCCC(=O)N(C)CCCCCO)cs1. The monoisotopic (exact) mass is 316 g/mol. The molecule has 0 fully saturated rings. The first-order valence-corrected chi connectivity index (χ1v) is 9.00. The molecule has 0 spiro atoms. The van der Waals surface area contributed by atoms with Gasteiger partial charge in [0.1, 0.15) is 0 Å². The number of carbonyl (C=O) groups is 1. The van der Waals surface area contributed by atoms with Crippen molar-refractivity contribution in [2.45, 2.75) is 38.4 Å². The molecule has 0 unspecified atom stereocenters. The van der Waals surface area contributed by atoms with Crippen LogP contribution in [-0.2, 0) is 10.5 Å². The number of amides is 1. The summed E-state index contributed by atoms with van der Waals surface area (Å²) >= 11 is 3.43. The fourth-order valence-electron chi connectivity index (χ4n) is 1.76. The Kier molecular flexibility index (Phi) is 8.89. The topological polar surface area (TPSA) is 53.4 Å². The van der Waals surface area contributed by atoms with Gasteiger partial charge in [-0.3, -0.25) is 4.79 Å². The third-order valence-electron chi connectivity index (χ3n) is 2.95. The van der Waals surface area contributed by atoms with E-state index in [1.54, 1.807) is 28.0 Å². The lowest BCUT2D eigenvalue weighted by Gasteiger charge is -2.16. The van der Waals surface area contributed by atoms with Gasteiger partial charge in [0.25, 0.3) is 0 Å². The van der Waals surface area contributed by atoms with Gasteiger partial charge in [0.2, 0.25) is 5.91 Å². The van der Waals surface area contributed by atoms with Crippen LogP contribution in [0.4, 0.5) is 0 Å². The zero-order valence-electron chi connectivity index (χ0n) is 12.3. The first-order chi connectivity index (χ1) is 9.63. The summed E-state index contributed by atoms with van der Waals surface area (Å²) in [5.74, 6) is 1.93. The lowest BCUT2D eigenvalue weighted by molar-refractivity contribution is -0.129. The Morgan fingerprint density at radius 1 is 1.45 bits per heavy atom. The second kappa shape index (κ2) is 10.2. The number of aromatic nitrogens is 1. The number of aliphatic hydroxyl groups is 1. The van der Waals surface area contributed by atoms with E-state index in [-0.39, 0.29) is 12.5 Å². The maximum absolute atomic E-state index is 11.9. The summed E-state index contributed by atoms with van der Waals surface area (Å²) in [6.07, 6.45) is 3.36. The molecule has 0 aliphatic rings. The van der Waals surface area contributed by atoms with Crippen LogP contribution in [0.25, 0.3) is 0 Å². The number of hydrogen-bond acceptors (Lipinski definition) is 5. The van der Waals surface area contributed by atoms with Gasteiger partial charge in [-0.05, 0) is 26.2 Å². The first-order valence-electron chi connectivity index (χ1n) is 6.97. The number of nitrogens with zero attached hydrogens (tertiary/aromatic N) is 2. The molecule has 0 atom stereocenters. The van der Waals surface area contributed by atoms with Crippen molar-refractivity contribution in [2.75, 3.05) is 26.0 Å². The van der Waals surface area contributed by atoms with Crippen LogP contribution in [0.15, 0.2) is 5.38 Å². The molecule has 0 saturated heterocycles. The Hall–Kier alpha value is -0.590. The Bertz CT molecular complexity index is 396. The van der Waals surface area contributed by atoms with Gasteiger partial charge in [0.05, 0.1) is 10.7 Å². The second-order valence-corrected chi connectivity index (χ2v) is 6.93. The smallest absolute Gasteiger partial charge is 0.223 e. The third-order valence-corrected chi connectivity index (χ3v) is 4.77. The summed E-state index contributed by atoms with van der Waals surface area (Å²) in [7, 11) is 1.86. The molecule has 0 bridgehead atoms. The van der Waals surface area contributed by atoms with Crippen molar-refractivity contribution >= 4 is 29.0 Å². The van der Waals surface area contributed by atoms with Crippen LogP contribution in [0.5, 0.6) is 0 Å². The average molecular weight is 316 g/mol. The molecular formula is C14H24N2O2S2. The molecule has 0 aromatic carbocycles. The number of hydrogen-bond donors (Lipinski definition) is 1. The van der Waals surface area contributed by atoms with Crippen molar-refractivity contribution in [2.24, 2.45) is 0 Å². The largest absolute Gasteiger partial charge is 0.396 e. The van der Waals surface area contributed by atoms with Crippen molar-refractivity contribution in [1.82, 2.24) is 9.88 Å². The number of rotatable bonds is 10. The quantitative estimate of drug-likeness (QED) is 0.674. The zero-order chi connectivity index (χ0) is 14.8. The molecule has 1 aromatic rings. The molecule has 0 aliphatic heterocycles. The highest BCUT2D eigenvalue weighted by Gasteiger charge is 2.08. The van der Waals surface area contributed by atoms with Gasteiger partial charge in [-0.15, -0.1) is 11.3 Å². The Labute approximate surface area is 129 Å². The predicted molar refractivity (Wildman–Crippen MR) is 86.2 cm³/mol. The predicted octanol–water partition coefficient (Wildman–Crippen LogP) is 2.70. The molecule has 114 valence electrons. The first kappa shape index (κ1) is 17.5. The van der Waals surface area contributed by atoms with E-state index in [0.717, 1.165) is 48.0 Å². The summed E-state index contributed by atoms with van der Waals surface area (Å²) in [4.78, 5) is 18.1. The number of carbonyl (C=O) groups excluding carboxylic acids is 1. The van der Waals surface area contributed by atoms with E-state index in [4.69, 9.17) is 5.11 Å². The van der Waals surface area contributed by atoms with Crippen LogP contribution >= 0.6 is 23.1 Å². The lowest BCUT2D eigenvalue weighted by Crippen LogP contribution is -2.28. The van der Waals surface area contributed by atoms with Crippen LogP contribution in [0, 0.1) is 6.92 Å². The summed E-state index contributed by atoms with van der Waals surface area (Å²) in [5.41, 5.74) is 1.11. The molecule has 1 aromatic heterocycles. The summed E-state index contributed by atoms with van der Waals surface area (Å²) < 4.78 is 0. The minimum atomic E-state index is 0.205. The fourth-order valence-corrected chi connectivity index (χ4v) is 3.30. The van der Waals surface area contributed by atoms with Gasteiger partial charge in [0.15, 0.2) is 0 Å². The molecule has 6 heteroatoms. The second-order valence-electron chi connectivity index (χ2n) is 4.76. The normalized spacial score (nSPS) is 10.8. The van der Waals surface area contributed by atoms with E-state index in [9.17, 15) is 4.79 Å². The van der Waals surface area contributed by atoms with Crippen LogP contribution in [0.1, 0.15) is 36.4 Å². The van der Waals surface area contributed by atoms with Gasteiger partial charge in [-0.1, -0.05) is 0 Å². The molecule has 4 nitrogen and oxygen atoms in total. The summed E-state index contributed by atoms with van der Waals surface area (Å²) in [6, 6.07) is 0. The molecule has 1 rings (SSSR count). The molecule has 0 aliphatic carbocycles. The van der Waals surface area contributed by atoms with E-state index in [1.165, 1.54) is 0 Å². The van der Waals surface area contributed by atoms with Crippen LogP contribution in [0.3, 0.4) is 0 Å². The van der Waals surface area contributed by atoms with Gasteiger partial charge in [0, 0.05) is 43.5 Å². The Morgan fingerprint density at radius 3 is 2.90 bits per heavy atom. The molecule has 20 heavy (non-hydrogen) atoms. The molecular weight excluding hydrogens is 292 g/mol. The highest BCUT2D eigenvalue weighted by atomic mass is 32.2. The molecule has 1 amide bonds. The molecule has 0 saturated carbocycles. The Balaban J connectivity index is 2.06. The van der Waals surface area contributed by atoms with Gasteiger partial charge in [-0.2, -0.15) is 11.8 Å². The van der Waals surface area contributed by atoms with Crippen molar-refractivity contribution in [3.8, 4) is 0 Å². The fraction of sp³-hybridized carbons (Fsp3) is 0.714. The van der Waals surface area contributed by atoms with E-state index >= 15 is 0 Å². The highest BCUT2D eigenvalue weighted by molar-refractivity contribution is 7.98. The number of thioether (sulfide) groups is 1. The van der Waals surface area contributed by atoms with E-state index < -0.39 is 0 Å². The number of aliphatic hydroxyl groups excluding tert-OH is 1. The third kappa shape index (κ3) is 7.26. The zero-order valence-corrected chi connectivity index (χ0v) is 13.9. The minimum absolute atomic E-state index is 0.205. The van der Waals surface area contributed by atoms with Crippen LogP contribution in [0.2, 0.25) is 0 Å². The number of aryl methyl sites for hydroxylation is 1. The number of unbranched alkanes of at least 4 members (excludes halogenated alkanes) is 2. The lowest BCUT2D eigenvalue weighted by atomic mass is 10.2. The van der Waals surface area contributed by atoms with Crippen molar-refractivity contribution < 1.29 is 9.90 Å². The highest BCUT2D eigenvalue weighted by Crippen LogP contribution is 2.16. The van der Waals surface area contributed by atoms with Gasteiger partial charge in [-0.25, -0.2) is 4.98 Å².